The molecular weight excluding hydrogens is 770 g/mol. The number of piperazine rings is 2. The van der Waals surface area contributed by atoms with Crippen molar-refractivity contribution in [2.75, 3.05) is 58.1 Å². The Hall–Kier alpha value is -5.33. The standard InChI is InChI=1S/C37H40ClN7O10S/c1-2-41-12-13-43(34(52)33(41)51)37(55)40-26(20-7-4-3-5-8-20)30(48)39-27-32(50)44-28(36(53)54)21(19-56-35(27)44)18-45-15-6-9-22(45)17-42(14-16-45)31(49)23-10-11-24(46)29(47)25(23)38/h3-5,7-8,10-11,22,26-27,35H,2,6,9,12-19H2,1H3,(H4-,39,40,46,47,48,49,51,52,53,54,55)/p+1/t22-,26+,27+,35+,45+/m0/s1. The maximum absolute atomic E-state index is 13.8. The molecule has 2 aromatic rings. The molecule has 7 amide bonds. The number of β-lactam (4-membered cyclic amide) rings is 1. The van der Waals surface area contributed by atoms with E-state index in [1.54, 1.807) is 42.2 Å². The molecule has 56 heavy (non-hydrogen) atoms. The molecule has 7 rings (SSSR count). The summed E-state index contributed by atoms with van der Waals surface area (Å²) in [5, 5.41) is 34.6. The molecule has 5 heterocycles. The molecule has 5 atom stereocenters. The Bertz CT molecular complexity index is 2050. The lowest BCUT2D eigenvalue weighted by molar-refractivity contribution is -0.938. The molecule has 0 spiro atoms. The first-order valence-electron chi connectivity index (χ1n) is 18.3. The zero-order valence-corrected chi connectivity index (χ0v) is 31.9. The Morgan fingerprint density at radius 3 is 2.46 bits per heavy atom. The molecule has 19 heteroatoms. The first-order chi connectivity index (χ1) is 26.8. The summed E-state index contributed by atoms with van der Waals surface area (Å²) in [4.78, 5) is 97.2. The third kappa shape index (κ3) is 6.79. The van der Waals surface area contributed by atoms with Crippen molar-refractivity contribution in [1.82, 2.24) is 30.2 Å². The number of carbonyl (C=O) groups is 7. The summed E-state index contributed by atoms with van der Waals surface area (Å²) in [6, 6.07) is 7.37. The maximum atomic E-state index is 13.8. The number of carbonyl (C=O) groups excluding carboxylic acids is 6. The normalized spacial score (nSPS) is 25.3. The number of imide groups is 1. The number of aromatic hydroxyl groups is 2. The number of hydrogen-bond acceptors (Lipinski definition) is 10. The van der Waals surface area contributed by atoms with Crippen LogP contribution in [0.5, 0.6) is 11.5 Å². The van der Waals surface area contributed by atoms with Crippen molar-refractivity contribution in [3.05, 3.63) is 69.9 Å². The van der Waals surface area contributed by atoms with E-state index in [4.69, 9.17) is 11.6 Å². The van der Waals surface area contributed by atoms with E-state index in [0.717, 1.165) is 24.3 Å². The highest BCUT2D eigenvalue weighted by Crippen LogP contribution is 2.43. The van der Waals surface area contributed by atoms with E-state index in [1.807, 2.05) is 0 Å². The van der Waals surface area contributed by atoms with Crippen LogP contribution in [0.4, 0.5) is 4.79 Å². The van der Waals surface area contributed by atoms with Gasteiger partial charge in [0.25, 0.3) is 11.8 Å². The van der Waals surface area contributed by atoms with Crippen LogP contribution in [-0.2, 0) is 24.0 Å². The van der Waals surface area contributed by atoms with Crippen molar-refractivity contribution in [3.8, 4) is 11.5 Å². The van der Waals surface area contributed by atoms with Crippen molar-refractivity contribution in [2.45, 2.75) is 43.3 Å². The zero-order valence-electron chi connectivity index (χ0n) is 30.4. The molecular formula is C37H41ClN7O10S+. The first-order valence-corrected chi connectivity index (χ1v) is 19.7. The van der Waals surface area contributed by atoms with Crippen LogP contribution in [0.25, 0.3) is 0 Å². The summed E-state index contributed by atoms with van der Waals surface area (Å²) >= 11 is 7.52. The number of carboxylic acid groups (broad SMARTS) is 1. The monoisotopic (exact) mass is 810 g/mol. The van der Waals surface area contributed by atoms with Gasteiger partial charge in [-0.05, 0) is 24.6 Å². The summed E-state index contributed by atoms with van der Waals surface area (Å²) < 4.78 is 0.540. The zero-order chi connectivity index (χ0) is 40.1. The Morgan fingerprint density at radius 2 is 1.75 bits per heavy atom. The average molecular weight is 811 g/mol. The van der Waals surface area contributed by atoms with Crippen LogP contribution in [0.15, 0.2) is 53.7 Å². The second-order valence-electron chi connectivity index (χ2n) is 14.5. The molecule has 4 saturated heterocycles. The highest BCUT2D eigenvalue weighted by molar-refractivity contribution is 8.00. The number of nitrogens with one attached hydrogen (secondary N) is 2. The fourth-order valence-electron chi connectivity index (χ4n) is 8.42. The third-order valence-electron chi connectivity index (χ3n) is 11.4. The first kappa shape index (κ1) is 38.9. The highest BCUT2D eigenvalue weighted by Gasteiger charge is 2.56. The Labute approximate surface area is 330 Å². The van der Waals surface area contributed by atoms with Gasteiger partial charge in [0.1, 0.15) is 35.7 Å². The molecule has 5 aliphatic heterocycles. The number of hydrogen-bond donors (Lipinski definition) is 5. The Kier molecular flexibility index (Phi) is 10.6. The molecule has 0 saturated carbocycles. The van der Waals surface area contributed by atoms with Gasteiger partial charge in [-0.3, -0.25) is 33.8 Å². The predicted octanol–water partition coefficient (Wildman–Crippen LogP) is 1.07. The number of fused-ring (bicyclic) bond motifs is 2. The number of carboxylic acids is 1. The van der Waals surface area contributed by atoms with Crippen molar-refractivity contribution >= 4 is 64.9 Å². The number of rotatable bonds is 9. The van der Waals surface area contributed by atoms with E-state index in [-0.39, 0.29) is 47.1 Å². The fourth-order valence-corrected chi connectivity index (χ4v) is 10.00. The lowest BCUT2D eigenvalue weighted by Gasteiger charge is -2.51. The van der Waals surface area contributed by atoms with Crippen LogP contribution in [0.3, 0.4) is 0 Å². The van der Waals surface area contributed by atoms with Gasteiger partial charge >= 0.3 is 23.8 Å². The number of benzene rings is 2. The number of phenols is 2. The lowest BCUT2D eigenvalue weighted by atomic mass is 9.99. The molecule has 0 unspecified atom stereocenters. The van der Waals surface area contributed by atoms with Crippen LogP contribution in [0.1, 0.15) is 41.7 Å². The topological polar surface area (TPSA) is 217 Å². The molecule has 4 fully saturated rings. The summed E-state index contributed by atoms with van der Waals surface area (Å²) in [5.74, 6) is -5.61. The molecule has 0 bridgehead atoms. The Morgan fingerprint density at radius 1 is 1.00 bits per heavy atom. The summed E-state index contributed by atoms with van der Waals surface area (Å²) in [5.41, 5.74) is 0.873. The number of aliphatic carboxylic acids is 1. The van der Waals surface area contributed by atoms with Crippen molar-refractivity contribution in [3.63, 3.8) is 0 Å². The van der Waals surface area contributed by atoms with Gasteiger partial charge in [-0.2, -0.15) is 0 Å². The minimum atomic E-state index is -1.35. The molecule has 5 aliphatic rings. The molecule has 5 N–H and O–H groups in total. The van der Waals surface area contributed by atoms with Gasteiger partial charge in [0, 0.05) is 43.8 Å². The van der Waals surface area contributed by atoms with Gasteiger partial charge in [-0.1, -0.05) is 41.9 Å². The van der Waals surface area contributed by atoms with Crippen molar-refractivity contribution in [2.24, 2.45) is 0 Å². The van der Waals surface area contributed by atoms with Crippen LogP contribution in [-0.4, -0.2) is 157 Å². The summed E-state index contributed by atoms with van der Waals surface area (Å²) in [7, 11) is 0. The number of phenolic OH excluding ortho intramolecular Hbond substituents is 2. The quantitative estimate of drug-likeness (QED) is 0.105. The molecule has 0 radical (unpaired) electrons. The number of likely N-dealkylation sites (N-methyl/N-ethyl adjacent to an activating group) is 1. The van der Waals surface area contributed by atoms with Gasteiger partial charge in [0.2, 0.25) is 5.91 Å². The van der Waals surface area contributed by atoms with Crippen LogP contribution in [0, 0.1) is 0 Å². The largest absolute Gasteiger partial charge is 0.504 e. The van der Waals surface area contributed by atoms with E-state index in [2.05, 4.69) is 10.6 Å². The van der Waals surface area contributed by atoms with Gasteiger partial charge in [-0.15, -0.1) is 11.8 Å². The van der Waals surface area contributed by atoms with Crippen LogP contribution >= 0.6 is 23.4 Å². The predicted molar refractivity (Wildman–Crippen MR) is 200 cm³/mol. The van der Waals surface area contributed by atoms with E-state index >= 15 is 0 Å². The van der Waals surface area contributed by atoms with E-state index in [1.165, 1.54) is 33.7 Å². The Balaban J connectivity index is 1.05. The van der Waals surface area contributed by atoms with Crippen LogP contribution < -0.4 is 10.6 Å². The highest BCUT2D eigenvalue weighted by atomic mass is 35.5. The third-order valence-corrected chi connectivity index (χ3v) is 13.1. The van der Waals surface area contributed by atoms with Gasteiger partial charge in [0.15, 0.2) is 11.5 Å². The SMILES string of the molecule is CCN1CCN(C(=O)N[C@@H](C(=O)N[C@@H]2C(=O)N3C(C(=O)O)=C(C[N@+]45CCC[C@H]4CN(C(=O)c4ccc(O)c(O)c4Cl)CC5)CS[C@H]23)c2ccccc2)C(=O)C1=O. The number of halogens is 1. The van der Waals surface area contributed by atoms with E-state index in [9.17, 15) is 48.9 Å². The average Bonchev–Trinajstić information content (AvgIpc) is 3.61. The van der Waals surface area contributed by atoms with E-state index < -0.39 is 64.6 Å². The van der Waals surface area contributed by atoms with Gasteiger partial charge < -0.3 is 40.2 Å². The van der Waals surface area contributed by atoms with E-state index in [0.29, 0.717) is 48.3 Å². The molecule has 0 aliphatic carbocycles. The molecule has 2 aromatic carbocycles. The summed E-state index contributed by atoms with van der Waals surface area (Å²) in [6.45, 7) is 4.44. The molecule has 0 aromatic heterocycles. The number of quaternary nitrogens is 1. The van der Waals surface area contributed by atoms with Crippen molar-refractivity contribution in [1.29, 1.82) is 0 Å². The second kappa shape index (κ2) is 15.3. The maximum Gasteiger partial charge on any atom is 0.352 e. The van der Waals surface area contributed by atoms with Gasteiger partial charge in [-0.25, -0.2) is 9.59 Å². The molecule has 17 nitrogen and oxygen atoms in total. The number of nitrogens with zero attached hydrogens (tertiary/aromatic N) is 5. The number of urea groups is 1. The number of thioether (sulfide) groups is 1. The fraction of sp³-hybridized carbons (Fsp3) is 0.432. The lowest BCUT2D eigenvalue weighted by Crippen LogP contribution is -2.71. The van der Waals surface area contributed by atoms with Crippen molar-refractivity contribution < 1.29 is 53.4 Å². The second-order valence-corrected chi connectivity index (χ2v) is 15.9. The number of amides is 7. The van der Waals surface area contributed by atoms with Gasteiger partial charge in [0.05, 0.1) is 36.8 Å². The molecule has 296 valence electrons. The minimum absolute atomic E-state index is 0.0179. The van der Waals surface area contributed by atoms with Crippen LogP contribution in [0.2, 0.25) is 5.02 Å². The smallest absolute Gasteiger partial charge is 0.352 e. The minimum Gasteiger partial charge on any atom is -0.504 e. The summed E-state index contributed by atoms with van der Waals surface area (Å²) in [6.07, 6.45) is 1.65.